The molecule has 0 saturated carbocycles. The Labute approximate surface area is 107 Å². The normalized spacial score (nSPS) is 34.8. The summed E-state index contributed by atoms with van der Waals surface area (Å²) in [6.45, 7) is 1.92. The maximum atomic E-state index is 14.9. The van der Waals surface area contributed by atoms with Crippen molar-refractivity contribution in [3.8, 4) is 0 Å². The lowest BCUT2D eigenvalue weighted by atomic mass is 9.83. The van der Waals surface area contributed by atoms with Gasteiger partial charge in [0, 0.05) is 18.5 Å². The Morgan fingerprint density at radius 1 is 1.28 bits per heavy atom. The van der Waals surface area contributed by atoms with E-state index in [1.807, 2.05) is 6.92 Å². The summed E-state index contributed by atoms with van der Waals surface area (Å²) < 4.78 is 28.2. The van der Waals surface area contributed by atoms with Crippen LogP contribution in [0.2, 0.25) is 0 Å². The minimum absolute atomic E-state index is 0.267. The summed E-state index contributed by atoms with van der Waals surface area (Å²) in [7, 11) is 0. The van der Waals surface area contributed by atoms with Crippen LogP contribution in [-0.4, -0.2) is 17.8 Å². The van der Waals surface area contributed by atoms with E-state index in [0.29, 0.717) is 31.3 Å². The zero-order valence-electron chi connectivity index (χ0n) is 10.7. The molecule has 1 aromatic carbocycles. The number of hydrogen-bond acceptors (Lipinski definition) is 1. The molecule has 3 heteroatoms. The van der Waals surface area contributed by atoms with Gasteiger partial charge in [-0.2, -0.15) is 0 Å². The van der Waals surface area contributed by atoms with E-state index in [0.717, 1.165) is 24.0 Å². The van der Waals surface area contributed by atoms with Gasteiger partial charge in [-0.1, -0.05) is 6.07 Å². The van der Waals surface area contributed by atoms with Crippen LogP contribution in [0.4, 0.5) is 8.78 Å². The van der Waals surface area contributed by atoms with E-state index in [4.69, 9.17) is 0 Å². The highest BCUT2D eigenvalue weighted by molar-refractivity contribution is 5.28. The lowest BCUT2D eigenvalue weighted by molar-refractivity contribution is 0.0891. The fourth-order valence-electron chi connectivity index (χ4n) is 3.51. The largest absolute Gasteiger partial charge is 0.311 e. The molecule has 2 atom stereocenters. The van der Waals surface area contributed by atoms with E-state index in [2.05, 4.69) is 5.32 Å². The Morgan fingerprint density at radius 2 is 1.94 bits per heavy atom. The second-order valence-corrected chi connectivity index (χ2v) is 5.94. The fourth-order valence-corrected chi connectivity index (χ4v) is 3.51. The number of benzene rings is 1. The third-order valence-corrected chi connectivity index (χ3v) is 4.38. The van der Waals surface area contributed by atoms with Crippen molar-refractivity contribution in [3.63, 3.8) is 0 Å². The van der Waals surface area contributed by atoms with E-state index in [1.54, 1.807) is 6.07 Å². The van der Waals surface area contributed by atoms with Gasteiger partial charge in [-0.05, 0) is 55.9 Å². The molecule has 2 saturated heterocycles. The van der Waals surface area contributed by atoms with Crippen molar-refractivity contribution in [1.29, 1.82) is 0 Å². The molecule has 2 aliphatic rings. The molecule has 0 amide bonds. The SMILES string of the molecule is Cc1ccc(F)cc1CC1(F)CC2CCC(C1)N2. The minimum Gasteiger partial charge on any atom is -0.311 e. The highest BCUT2D eigenvalue weighted by Crippen LogP contribution is 2.39. The van der Waals surface area contributed by atoms with Crippen molar-refractivity contribution in [2.24, 2.45) is 0 Å². The highest BCUT2D eigenvalue weighted by Gasteiger charge is 2.44. The maximum absolute atomic E-state index is 14.9. The van der Waals surface area contributed by atoms with Crippen molar-refractivity contribution in [2.75, 3.05) is 0 Å². The second-order valence-electron chi connectivity index (χ2n) is 5.94. The first kappa shape index (κ1) is 12.1. The molecule has 0 aliphatic carbocycles. The average Bonchev–Trinajstić information content (AvgIpc) is 2.64. The minimum atomic E-state index is -1.16. The molecule has 3 rings (SSSR count). The first-order valence-corrected chi connectivity index (χ1v) is 6.74. The lowest BCUT2D eigenvalue weighted by Crippen LogP contribution is -2.47. The summed E-state index contributed by atoms with van der Waals surface area (Å²) >= 11 is 0. The van der Waals surface area contributed by atoms with Crippen LogP contribution in [0.15, 0.2) is 18.2 Å². The van der Waals surface area contributed by atoms with Crippen LogP contribution in [0.25, 0.3) is 0 Å². The smallest absolute Gasteiger partial charge is 0.123 e. The molecule has 2 aliphatic heterocycles. The number of fused-ring (bicyclic) bond motifs is 2. The van der Waals surface area contributed by atoms with Crippen LogP contribution in [-0.2, 0) is 6.42 Å². The molecular weight excluding hydrogens is 232 g/mol. The van der Waals surface area contributed by atoms with Gasteiger partial charge in [-0.15, -0.1) is 0 Å². The van der Waals surface area contributed by atoms with Gasteiger partial charge in [0.05, 0.1) is 0 Å². The molecule has 2 fully saturated rings. The first-order chi connectivity index (χ1) is 8.54. The highest BCUT2D eigenvalue weighted by atomic mass is 19.1. The van der Waals surface area contributed by atoms with Crippen LogP contribution in [0.3, 0.4) is 0 Å². The van der Waals surface area contributed by atoms with Gasteiger partial charge >= 0.3 is 0 Å². The van der Waals surface area contributed by atoms with E-state index in [-0.39, 0.29) is 5.82 Å². The molecule has 1 N–H and O–H groups in total. The van der Waals surface area contributed by atoms with Crippen LogP contribution in [0.1, 0.15) is 36.8 Å². The Morgan fingerprint density at radius 3 is 2.61 bits per heavy atom. The second kappa shape index (κ2) is 4.30. The molecule has 1 aromatic rings. The molecule has 0 radical (unpaired) electrons. The van der Waals surface area contributed by atoms with Gasteiger partial charge in [0.1, 0.15) is 11.5 Å². The predicted molar refractivity (Wildman–Crippen MR) is 67.9 cm³/mol. The van der Waals surface area contributed by atoms with E-state index >= 15 is 0 Å². The summed E-state index contributed by atoms with van der Waals surface area (Å²) in [6.07, 6.45) is 3.65. The predicted octanol–water partition coefficient (Wildman–Crippen LogP) is 3.30. The summed E-state index contributed by atoms with van der Waals surface area (Å²) in [5.41, 5.74) is 0.647. The van der Waals surface area contributed by atoms with Gasteiger partial charge in [-0.25, -0.2) is 8.78 Å². The molecule has 18 heavy (non-hydrogen) atoms. The number of hydrogen-bond donors (Lipinski definition) is 1. The molecule has 98 valence electrons. The quantitative estimate of drug-likeness (QED) is 0.850. The van der Waals surface area contributed by atoms with Crippen LogP contribution in [0.5, 0.6) is 0 Å². The monoisotopic (exact) mass is 251 g/mol. The van der Waals surface area contributed by atoms with E-state index in [1.165, 1.54) is 12.1 Å². The fraction of sp³-hybridized carbons (Fsp3) is 0.600. The van der Waals surface area contributed by atoms with Crippen molar-refractivity contribution in [3.05, 3.63) is 35.1 Å². The zero-order valence-corrected chi connectivity index (χ0v) is 10.7. The number of alkyl halides is 1. The Hall–Kier alpha value is -0.960. The topological polar surface area (TPSA) is 12.0 Å². The molecule has 1 nitrogen and oxygen atoms in total. The molecule has 0 spiro atoms. The van der Waals surface area contributed by atoms with Crippen molar-refractivity contribution in [1.82, 2.24) is 5.32 Å². The molecule has 2 heterocycles. The first-order valence-electron chi connectivity index (χ1n) is 6.74. The van der Waals surface area contributed by atoms with E-state index < -0.39 is 5.67 Å². The van der Waals surface area contributed by atoms with Crippen LogP contribution < -0.4 is 5.32 Å². The van der Waals surface area contributed by atoms with E-state index in [9.17, 15) is 8.78 Å². The average molecular weight is 251 g/mol. The molecule has 0 aromatic heterocycles. The van der Waals surface area contributed by atoms with Gasteiger partial charge in [0.15, 0.2) is 0 Å². The number of halogens is 2. The lowest BCUT2D eigenvalue weighted by Gasteiger charge is -2.35. The van der Waals surface area contributed by atoms with Crippen LogP contribution >= 0.6 is 0 Å². The van der Waals surface area contributed by atoms with Gasteiger partial charge in [0.25, 0.3) is 0 Å². The number of nitrogens with one attached hydrogen (secondary N) is 1. The van der Waals surface area contributed by atoms with Crippen molar-refractivity contribution in [2.45, 2.75) is 56.8 Å². The van der Waals surface area contributed by atoms with Gasteiger partial charge in [-0.3, -0.25) is 0 Å². The third kappa shape index (κ3) is 2.28. The van der Waals surface area contributed by atoms with Crippen LogP contribution in [0, 0.1) is 12.7 Å². The summed E-state index contributed by atoms with van der Waals surface area (Å²) in [5.74, 6) is -0.267. The standard InChI is InChI=1S/C15H19F2N/c1-10-2-3-12(16)6-11(10)7-15(17)8-13-4-5-14(9-15)18-13/h2-3,6,13-14,18H,4-5,7-9H2,1H3. The Kier molecular flexibility index (Phi) is 2.89. The summed E-state index contributed by atoms with van der Waals surface area (Å²) in [5, 5.41) is 3.44. The Bertz CT molecular complexity index is 446. The number of aryl methyl sites for hydroxylation is 1. The molecular formula is C15H19F2N. The summed E-state index contributed by atoms with van der Waals surface area (Å²) in [6, 6.07) is 5.31. The Balaban J connectivity index is 1.81. The maximum Gasteiger partial charge on any atom is 0.123 e. The summed E-state index contributed by atoms with van der Waals surface area (Å²) in [4.78, 5) is 0. The van der Waals surface area contributed by atoms with Gasteiger partial charge in [0.2, 0.25) is 0 Å². The number of piperidine rings is 1. The van der Waals surface area contributed by atoms with Gasteiger partial charge < -0.3 is 5.32 Å². The van der Waals surface area contributed by atoms with Crippen molar-refractivity contribution >= 4 is 0 Å². The van der Waals surface area contributed by atoms with Crippen molar-refractivity contribution < 1.29 is 8.78 Å². The zero-order chi connectivity index (χ0) is 12.8. The number of rotatable bonds is 2. The molecule has 2 unspecified atom stereocenters. The molecule has 2 bridgehead atoms. The third-order valence-electron chi connectivity index (χ3n) is 4.38.